The number of aromatic nitrogens is 3. The highest BCUT2D eigenvalue weighted by Crippen LogP contribution is 2.25. The molecule has 2 amide bonds. The third-order valence-corrected chi connectivity index (χ3v) is 5.78. The molecule has 0 unspecified atom stereocenters. The lowest BCUT2D eigenvalue weighted by molar-refractivity contribution is 0.0939. The Bertz CT molecular complexity index is 1550. The zero-order chi connectivity index (χ0) is 27.2. The minimum absolute atomic E-state index is 0.0325. The number of nitrogen functional groups attached to an aromatic ring is 1. The van der Waals surface area contributed by atoms with Gasteiger partial charge in [0.15, 0.2) is 5.69 Å². The molecule has 4 aromatic rings. The van der Waals surface area contributed by atoms with Crippen molar-refractivity contribution in [1.29, 1.82) is 5.26 Å². The zero-order valence-electron chi connectivity index (χ0n) is 20.3. The maximum atomic E-state index is 13.3. The smallest absolute Gasteiger partial charge is 0.269 e. The fourth-order valence-corrected chi connectivity index (χ4v) is 3.76. The van der Waals surface area contributed by atoms with Crippen molar-refractivity contribution in [2.24, 2.45) is 5.73 Å². The molecule has 0 aliphatic carbocycles. The van der Waals surface area contributed by atoms with E-state index >= 15 is 0 Å². The van der Waals surface area contributed by atoms with Crippen LogP contribution in [-0.4, -0.2) is 26.8 Å². The van der Waals surface area contributed by atoms with E-state index in [-0.39, 0.29) is 35.0 Å². The van der Waals surface area contributed by atoms with Gasteiger partial charge < -0.3 is 22.1 Å². The molecule has 10 nitrogen and oxygen atoms in total. The van der Waals surface area contributed by atoms with Crippen LogP contribution in [0, 0.1) is 17.1 Å². The number of hydrogen-bond acceptors (Lipinski definition) is 8. The Morgan fingerprint density at radius 1 is 1.08 bits per heavy atom. The molecule has 11 heteroatoms. The van der Waals surface area contributed by atoms with Crippen molar-refractivity contribution in [3.8, 4) is 17.3 Å². The maximum Gasteiger partial charge on any atom is 0.269 e. The van der Waals surface area contributed by atoms with E-state index < -0.39 is 17.9 Å². The third kappa shape index (κ3) is 5.71. The number of nitrogens with one attached hydrogen (secondary N) is 2. The number of amides is 2. The van der Waals surface area contributed by atoms with Gasteiger partial charge in [-0.25, -0.2) is 14.4 Å². The Morgan fingerprint density at radius 3 is 2.50 bits per heavy atom. The summed E-state index contributed by atoms with van der Waals surface area (Å²) in [6.07, 6.45) is 4.19. The first kappa shape index (κ1) is 25.7. The van der Waals surface area contributed by atoms with Crippen LogP contribution < -0.4 is 22.1 Å². The second kappa shape index (κ2) is 11.1. The summed E-state index contributed by atoms with van der Waals surface area (Å²) in [5.41, 5.74) is 14.8. The summed E-state index contributed by atoms with van der Waals surface area (Å²) >= 11 is 0. The van der Waals surface area contributed by atoms with Crippen LogP contribution in [0.25, 0.3) is 11.3 Å². The number of carbonyl (C=O) groups is 2. The van der Waals surface area contributed by atoms with Crippen LogP contribution in [0.3, 0.4) is 0 Å². The first-order valence-electron chi connectivity index (χ1n) is 11.5. The van der Waals surface area contributed by atoms with Gasteiger partial charge in [0.25, 0.3) is 11.8 Å². The van der Waals surface area contributed by atoms with Crippen LogP contribution in [0.1, 0.15) is 50.5 Å². The standard InChI is InChI=1S/C27H23FN8O2/c1-15(17-4-6-20(28)7-5-17)36-27(38)21-10-16(12-29)13-34-26(21)35-14-19-3-2-18(11-22(19)30)23-24(25(31)37)33-9-8-32-23/h2-11,13,15H,14,30H2,1H3,(H2,31,37)(H,34,35)(H,36,38)/t15-/m0/s1. The minimum atomic E-state index is -0.705. The quantitative estimate of drug-likeness (QED) is 0.261. The van der Waals surface area contributed by atoms with Crippen LogP contribution in [0.15, 0.2) is 67.1 Å². The number of carbonyl (C=O) groups excluding carboxylic acids is 2. The SMILES string of the molecule is C[C@H](NC(=O)c1cc(C#N)cnc1NCc1ccc(-c2nccnc2C(N)=O)cc1N)c1ccc(F)cc1. The maximum absolute atomic E-state index is 13.3. The second-order valence-corrected chi connectivity index (χ2v) is 8.36. The largest absolute Gasteiger partial charge is 0.398 e. The number of primary amides is 1. The van der Waals surface area contributed by atoms with Crippen molar-refractivity contribution in [3.63, 3.8) is 0 Å². The Labute approximate surface area is 217 Å². The number of benzene rings is 2. The summed E-state index contributed by atoms with van der Waals surface area (Å²) < 4.78 is 13.3. The molecule has 190 valence electrons. The van der Waals surface area contributed by atoms with Crippen molar-refractivity contribution in [3.05, 3.63) is 101 Å². The molecular weight excluding hydrogens is 487 g/mol. The molecule has 2 heterocycles. The molecule has 4 rings (SSSR count). The average Bonchev–Trinajstić information content (AvgIpc) is 2.92. The van der Waals surface area contributed by atoms with Gasteiger partial charge in [-0.05, 0) is 42.3 Å². The Kier molecular flexibility index (Phi) is 7.53. The van der Waals surface area contributed by atoms with Crippen LogP contribution in [-0.2, 0) is 6.54 Å². The molecule has 0 aliphatic rings. The van der Waals surface area contributed by atoms with Crippen LogP contribution in [0.4, 0.5) is 15.9 Å². The normalized spacial score (nSPS) is 11.3. The molecule has 38 heavy (non-hydrogen) atoms. The van der Waals surface area contributed by atoms with Crippen molar-refractivity contribution >= 4 is 23.3 Å². The molecule has 0 aliphatic heterocycles. The van der Waals surface area contributed by atoms with E-state index in [1.165, 1.54) is 36.8 Å². The molecule has 0 spiro atoms. The van der Waals surface area contributed by atoms with Crippen molar-refractivity contribution < 1.29 is 14.0 Å². The van der Waals surface area contributed by atoms with Crippen LogP contribution in [0.2, 0.25) is 0 Å². The van der Waals surface area contributed by atoms with Gasteiger partial charge in [0.2, 0.25) is 0 Å². The molecular formula is C27H23FN8O2. The molecule has 6 N–H and O–H groups in total. The number of nitriles is 1. The number of hydrogen-bond donors (Lipinski definition) is 4. The lowest BCUT2D eigenvalue weighted by Gasteiger charge is -2.17. The number of pyridine rings is 1. The van der Waals surface area contributed by atoms with Crippen molar-refractivity contribution in [1.82, 2.24) is 20.3 Å². The summed E-state index contributed by atoms with van der Waals surface area (Å²) in [5, 5.41) is 15.3. The lowest BCUT2D eigenvalue weighted by Crippen LogP contribution is -2.28. The first-order valence-corrected chi connectivity index (χ1v) is 11.5. The molecule has 0 saturated heterocycles. The fraction of sp³-hybridized carbons (Fsp3) is 0.111. The van der Waals surface area contributed by atoms with Gasteiger partial charge in [0.05, 0.1) is 17.2 Å². The molecule has 0 bridgehead atoms. The van der Waals surface area contributed by atoms with Gasteiger partial charge >= 0.3 is 0 Å². The predicted octanol–water partition coefficient (Wildman–Crippen LogP) is 3.33. The monoisotopic (exact) mass is 510 g/mol. The van der Waals surface area contributed by atoms with E-state index in [0.717, 1.165) is 0 Å². The Morgan fingerprint density at radius 2 is 1.82 bits per heavy atom. The van der Waals surface area contributed by atoms with Crippen LogP contribution >= 0.6 is 0 Å². The topological polar surface area (TPSA) is 173 Å². The highest BCUT2D eigenvalue weighted by atomic mass is 19.1. The highest BCUT2D eigenvalue weighted by Gasteiger charge is 2.18. The molecule has 0 radical (unpaired) electrons. The van der Waals surface area contributed by atoms with Gasteiger partial charge in [-0.3, -0.25) is 14.6 Å². The molecule has 2 aromatic carbocycles. The van der Waals surface area contributed by atoms with Gasteiger partial charge in [0.1, 0.15) is 23.4 Å². The van der Waals surface area contributed by atoms with Crippen LogP contribution in [0.5, 0.6) is 0 Å². The number of nitrogens with two attached hydrogens (primary N) is 2. The predicted molar refractivity (Wildman–Crippen MR) is 139 cm³/mol. The van der Waals surface area contributed by atoms with E-state index in [9.17, 15) is 19.2 Å². The average molecular weight is 511 g/mol. The zero-order valence-corrected chi connectivity index (χ0v) is 20.3. The van der Waals surface area contributed by atoms with Crippen molar-refractivity contribution in [2.75, 3.05) is 11.1 Å². The first-order chi connectivity index (χ1) is 18.3. The fourth-order valence-electron chi connectivity index (χ4n) is 3.76. The van der Waals surface area contributed by atoms with E-state index in [1.54, 1.807) is 37.3 Å². The summed E-state index contributed by atoms with van der Waals surface area (Å²) in [6, 6.07) is 13.9. The van der Waals surface area contributed by atoms with Gasteiger partial charge in [0, 0.05) is 36.4 Å². The number of anilines is 2. The van der Waals surface area contributed by atoms with Gasteiger partial charge in [-0.15, -0.1) is 0 Å². The number of rotatable bonds is 8. The summed E-state index contributed by atoms with van der Waals surface area (Å²) in [4.78, 5) is 37.2. The van der Waals surface area contributed by atoms with E-state index in [0.29, 0.717) is 28.1 Å². The van der Waals surface area contributed by atoms with Gasteiger partial charge in [-0.1, -0.05) is 24.3 Å². The van der Waals surface area contributed by atoms with E-state index in [1.807, 2.05) is 6.07 Å². The number of halogens is 1. The summed E-state index contributed by atoms with van der Waals surface area (Å²) in [6.45, 7) is 1.98. The molecule has 0 fully saturated rings. The van der Waals surface area contributed by atoms with E-state index in [4.69, 9.17) is 11.5 Å². The molecule has 1 atom stereocenters. The highest BCUT2D eigenvalue weighted by molar-refractivity contribution is 5.99. The summed E-state index contributed by atoms with van der Waals surface area (Å²) in [5.74, 6) is -1.29. The van der Waals surface area contributed by atoms with Crippen molar-refractivity contribution in [2.45, 2.75) is 19.5 Å². The number of nitrogens with zero attached hydrogens (tertiary/aromatic N) is 4. The minimum Gasteiger partial charge on any atom is -0.398 e. The third-order valence-electron chi connectivity index (χ3n) is 5.78. The Balaban J connectivity index is 1.54. The summed E-state index contributed by atoms with van der Waals surface area (Å²) in [7, 11) is 0. The second-order valence-electron chi connectivity index (χ2n) is 8.36. The molecule has 0 saturated carbocycles. The van der Waals surface area contributed by atoms with Gasteiger partial charge in [-0.2, -0.15) is 5.26 Å². The van der Waals surface area contributed by atoms with E-state index in [2.05, 4.69) is 25.6 Å². The Hall–Kier alpha value is -5.37. The molecule has 2 aromatic heterocycles. The lowest BCUT2D eigenvalue weighted by atomic mass is 10.0.